The average molecular weight is 455 g/mol. The van der Waals surface area contributed by atoms with E-state index < -0.39 is 6.10 Å². The molecular formula is C25H26N8O. The Morgan fingerprint density at radius 2 is 1.91 bits per heavy atom. The maximum absolute atomic E-state index is 10.4. The second-order valence-corrected chi connectivity index (χ2v) is 8.27. The number of fused-ring (bicyclic) bond motifs is 1. The van der Waals surface area contributed by atoms with Crippen LogP contribution in [-0.2, 0) is 6.54 Å². The van der Waals surface area contributed by atoms with Crippen molar-refractivity contribution in [3.63, 3.8) is 0 Å². The summed E-state index contributed by atoms with van der Waals surface area (Å²) >= 11 is 0. The van der Waals surface area contributed by atoms with Crippen LogP contribution in [-0.4, -0.2) is 39.6 Å². The van der Waals surface area contributed by atoms with Gasteiger partial charge in [0.15, 0.2) is 5.82 Å². The molecule has 0 bridgehead atoms. The fourth-order valence-electron chi connectivity index (χ4n) is 3.95. The summed E-state index contributed by atoms with van der Waals surface area (Å²) < 4.78 is 3.82. The third-order valence-corrected chi connectivity index (χ3v) is 5.75. The molecule has 4 heterocycles. The van der Waals surface area contributed by atoms with Gasteiger partial charge in [-0.25, -0.2) is 9.97 Å². The molecule has 0 saturated carbocycles. The van der Waals surface area contributed by atoms with Gasteiger partial charge in [0.25, 0.3) is 0 Å². The van der Waals surface area contributed by atoms with E-state index in [0.29, 0.717) is 5.82 Å². The van der Waals surface area contributed by atoms with Gasteiger partial charge < -0.3 is 10.4 Å². The van der Waals surface area contributed by atoms with E-state index in [1.54, 1.807) is 13.3 Å². The van der Waals surface area contributed by atoms with E-state index in [0.717, 1.165) is 57.3 Å². The van der Waals surface area contributed by atoms with Gasteiger partial charge in [0, 0.05) is 29.6 Å². The second-order valence-electron chi connectivity index (χ2n) is 8.27. The minimum atomic E-state index is -0.654. The molecule has 1 unspecified atom stereocenters. The molecule has 0 saturated heterocycles. The number of hydrogen-bond donors (Lipinski definition) is 2. The van der Waals surface area contributed by atoms with Crippen LogP contribution < -0.4 is 5.32 Å². The highest BCUT2D eigenvalue weighted by molar-refractivity contribution is 5.82. The summed E-state index contributed by atoms with van der Waals surface area (Å²) in [6, 6.07) is 13.6. The van der Waals surface area contributed by atoms with E-state index in [-0.39, 0.29) is 0 Å². The summed E-state index contributed by atoms with van der Waals surface area (Å²) in [5, 5.41) is 26.4. The van der Waals surface area contributed by atoms with Crippen LogP contribution in [0.5, 0.6) is 0 Å². The highest BCUT2D eigenvalue weighted by Gasteiger charge is 2.18. The van der Waals surface area contributed by atoms with Gasteiger partial charge >= 0.3 is 0 Å². The quantitative estimate of drug-likeness (QED) is 0.389. The van der Waals surface area contributed by atoms with E-state index >= 15 is 0 Å². The molecule has 5 aromatic rings. The molecule has 0 amide bonds. The number of nitrogens with zero attached hydrogens (tertiary/aromatic N) is 7. The lowest BCUT2D eigenvalue weighted by Crippen LogP contribution is -2.03. The summed E-state index contributed by atoms with van der Waals surface area (Å²) in [6.45, 7) is 8.42. The molecule has 0 aliphatic heterocycles. The first-order valence-corrected chi connectivity index (χ1v) is 11.2. The van der Waals surface area contributed by atoms with Crippen LogP contribution in [0.2, 0.25) is 0 Å². The first-order valence-electron chi connectivity index (χ1n) is 11.2. The Bertz CT molecular complexity index is 1470. The predicted octanol–water partition coefficient (Wildman–Crippen LogP) is 4.51. The van der Waals surface area contributed by atoms with Crippen molar-refractivity contribution in [3.05, 3.63) is 71.9 Å². The lowest BCUT2D eigenvalue weighted by molar-refractivity contribution is 0.199. The Morgan fingerprint density at radius 3 is 2.62 bits per heavy atom. The van der Waals surface area contributed by atoms with Crippen molar-refractivity contribution in [3.8, 4) is 17.1 Å². The molecule has 34 heavy (non-hydrogen) atoms. The van der Waals surface area contributed by atoms with Crippen molar-refractivity contribution in [2.24, 2.45) is 0 Å². The number of aliphatic hydroxyl groups is 1. The van der Waals surface area contributed by atoms with E-state index in [1.807, 2.05) is 78.7 Å². The first-order chi connectivity index (χ1) is 16.4. The molecule has 0 aliphatic carbocycles. The molecule has 0 aliphatic rings. The number of anilines is 2. The fourth-order valence-corrected chi connectivity index (χ4v) is 3.95. The van der Waals surface area contributed by atoms with Gasteiger partial charge in [0.2, 0.25) is 0 Å². The number of aromatic nitrogens is 7. The van der Waals surface area contributed by atoms with Crippen molar-refractivity contribution >= 4 is 22.5 Å². The number of benzene rings is 1. The van der Waals surface area contributed by atoms with Crippen molar-refractivity contribution in [1.29, 1.82) is 0 Å². The summed E-state index contributed by atoms with van der Waals surface area (Å²) in [6.07, 6.45) is 3.08. The SMILES string of the molecule is CCn1cc(-c2nc(-n3cnc4cc(Nc5ccc(C)nn5)ccc43)ccc2C(C)O)c(C)n1. The van der Waals surface area contributed by atoms with Gasteiger partial charge in [-0.3, -0.25) is 9.25 Å². The van der Waals surface area contributed by atoms with Crippen LogP contribution in [0.3, 0.4) is 0 Å². The molecule has 9 nitrogen and oxygen atoms in total. The summed E-state index contributed by atoms with van der Waals surface area (Å²) in [4.78, 5) is 9.53. The summed E-state index contributed by atoms with van der Waals surface area (Å²) in [7, 11) is 0. The normalized spacial score (nSPS) is 12.3. The Hall–Kier alpha value is -4.11. The number of aliphatic hydroxyl groups excluding tert-OH is 1. The number of imidazole rings is 1. The molecule has 9 heteroatoms. The molecule has 0 spiro atoms. The topological polar surface area (TPSA) is 107 Å². The van der Waals surface area contributed by atoms with Crippen molar-refractivity contribution in [1.82, 2.24) is 34.5 Å². The summed E-state index contributed by atoms with van der Waals surface area (Å²) in [5.74, 6) is 1.39. The van der Waals surface area contributed by atoms with Crippen LogP contribution in [0.4, 0.5) is 11.5 Å². The largest absolute Gasteiger partial charge is 0.389 e. The molecule has 4 aromatic heterocycles. The highest BCUT2D eigenvalue weighted by Crippen LogP contribution is 2.31. The fraction of sp³-hybridized carbons (Fsp3) is 0.240. The smallest absolute Gasteiger partial charge is 0.153 e. The molecule has 5 rings (SSSR count). The number of nitrogens with one attached hydrogen (secondary N) is 1. The van der Waals surface area contributed by atoms with E-state index in [9.17, 15) is 5.11 Å². The van der Waals surface area contributed by atoms with Crippen LogP contribution >= 0.6 is 0 Å². The van der Waals surface area contributed by atoms with Gasteiger partial charge in [-0.2, -0.15) is 10.2 Å². The Kier molecular flexibility index (Phi) is 5.54. The first kappa shape index (κ1) is 21.7. The number of pyridine rings is 1. The maximum atomic E-state index is 10.4. The molecule has 0 radical (unpaired) electrons. The number of aryl methyl sites for hydroxylation is 3. The Balaban J connectivity index is 1.54. The summed E-state index contributed by atoms with van der Waals surface area (Å²) in [5.41, 5.74) is 6.75. The minimum absolute atomic E-state index is 0.654. The zero-order chi connectivity index (χ0) is 23.8. The van der Waals surface area contributed by atoms with Crippen molar-refractivity contribution < 1.29 is 5.11 Å². The van der Waals surface area contributed by atoms with Gasteiger partial charge in [-0.1, -0.05) is 6.07 Å². The molecule has 1 aromatic carbocycles. The Labute approximate surface area is 197 Å². The van der Waals surface area contributed by atoms with Crippen molar-refractivity contribution in [2.45, 2.75) is 40.3 Å². The standard InChI is InChI=1S/C25H26N8O/c1-5-32-13-20(16(3)31-32)25-19(17(4)34)8-11-24(28-25)33-14-26-21-12-18(7-9-22(21)33)27-23-10-6-15(2)29-30-23/h6-14,17,34H,5H2,1-4H3,(H,27,30). The number of rotatable bonds is 6. The predicted molar refractivity (Wildman–Crippen MR) is 131 cm³/mol. The zero-order valence-corrected chi connectivity index (χ0v) is 19.6. The molecule has 1 atom stereocenters. The van der Waals surface area contributed by atoms with Crippen molar-refractivity contribution in [2.75, 3.05) is 5.32 Å². The van der Waals surface area contributed by atoms with Gasteiger partial charge in [0.05, 0.1) is 34.2 Å². The Morgan fingerprint density at radius 1 is 1.06 bits per heavy atom. The highest BCUT2D eigenvalue weighted by atomic mass is 16.3. The number of hydrogen-bond acceptors (Lipinski definition) is 7. The maximum Gasteiger partial charge on any atom is 0.153 e. The lowest BCUT2D eigenvalue weighted by Gasteiger charge is -2.13. The van der Waals surface area contributed by atoms with Crippen LogP contribution in [0.1, 0.15) is 36.9 Å². The molecule has 172 valence electrons. The van der Waals surface area contributed by atoms with E-state index in [1.165, 1.54) is 0 Å². The van der Waals surface area contributed by atoms with Gasteiger partial charge in [-0.05, 0) is 64.1 Å². The monoisotopic (exact) mass is 454 g/mol. The van der Waals surface area contributed by atoms with Gasteiger partial charge in [0.1, 0.15) is 12.1 Å². The lowest BCUT2D eigenvalue weighted by atomic mass is 10.0. The van der Waals surface area contributed by atoms with Crippen LogP contribution in [0.25, 0.3) is 28.1 Å². The zero-order valence-electron chi connectivity index (χ0n) is 19.6. The molecule has 2 N–H and O–H groups in total. The van der Waals surface area contributed by atoms with Gasteiger partial charge in [-0.15, -0.1) is 5.10 Å². The third-order valence-electron chi connectivity index (χ3n) is 5.75. The van der Waals surface area contributed by atoms with Crippen LogP contribution in [0, 0.1) is 13.8 Å². The van der Waals surface area contributed by atoms with Crippen LogP contribution in [0.15, 0.2) is 55.0 Å². The average Bonchev–Trinajstić information content (AvgIpc) is 3.43. The molecular weight excluding hydrogens is 428 g/mol. The molecule has 0 fully saturated rings. The van der Waals surface area contributed by atoms with E-state index in [4.69, 9.17) is 4.98 Å². The minimum Gasteiger partial charge on any atom is -0.389 e. The second kappa shape index (κ2) is 8.68. The van der Waals surface area contributed by atoms with E-state index in [2.05, 4.69) is 25.6 Å². The third kappa shape index (κ3) is 4.01.